The molecular weight excluding hydrogens is 188 g/mol. The molecule has 1 aliphatic heterocycles. The molecule has 3 heteroatoms. The Morgan fingerprint density at radius 2 is 2.27 bits per heavy atom. The highest BCUT2D eigenvalue weighted by molar-refractivity contribution is 5.78. The molecule has 1 fully saturated rings. The SMILES string of the molecule is CCCCCNC(=O)[C@H]1CCCN(C)C1. The Kier molecular flexibility index (Phi) is 5.69. The Balaban J connectivity index is 2.15. The number of carbonyl (C=O) groups excluding carboxylic acids is 1. The van der Waals surface area contributed by atoms with Crippen LogP contribution in [0.1, 0.15) is 39.0 Å². The monoisotopic (exact) mass is 212 g/mol. The lowest BCUT2D eigenvalue weighted by Crippen LogP contribution is -2.41. The zero-order valence-corrected chi connectivity index (χ0v) is 10.1. The summed E-state index contributed by atoms with van der Waals surface area (Å²) in [5.74, 6) is 0.489. The average molecular weight is 212 g/mol. The molecule has 0 aliphatic carbocycles. The van der Waals surface area contributed by atoms with E-state index in [0.717, 1.165) is 38.9 Å². The Bertz CT molecular complexity index is 194. The van der Waals surface area contributed by atoms with Gasteiger partial charge in [0.05, 0.1) is 5.92 Å². The Labute approximate surface area is 93.2 Å². The van der Waals surface area contributed by atoms with Crippen molar-refractivity contribution >= 4 is 5.91 Å². The maximum atomic E-state index is 11.8. The number of amides is 1. The fraction of sp³-hybridized carbons (Fsp3) is 0.917. The predicted octanol–water partition coefficient (Wildman–Crippen LogP) is 1.63. The van der Waals surface area contributed by atoms with Crippen LogP contribution in [0.4, 0.5) is 0 Å². The molecule has 0 saturated carbocycles. The molecule has 1 atom stereocenters. The fourth-order valence-corrected chi connectivity index (χ4v) is 2.11. The lowest BCUT2D eigenvalue weighted by molar-refractivity contribution is -0.126. The number of rotatable bonds is 5. The van der Waals surface area contributed by atoms with Crippen LogP contribution >= 0.6 is 0 Å². The summed E-state index contributed by atoms with van der Waals surface area (Å²) < 4.78 is 0. The van der Waals surface area contributed by atoms with Crippen molar-refractivity contribution in [3.05, 3.63) is 0 Å². The van der Waals surface area contributed by atoms with Gasteiger partial charge in [-0.1, -0.05) is 19.8 Å². The second-order valence-corrected chi connectivity index (χ2v) is 4.60. The Morgan fingerprint density at radius 1 is 1.47 bits per heavy atom. The minimum atomic E-state index is 0.227. The summed E-state index contributed by atoms with van der Waals surface area (Å²) in [6.45, 7) is 5.10. The van der Waals surface area contributed by atoms with Crippen LogP contribution in [0.3, 0.4) is 0 Å². The van der Waals surface area contributed by atoms with Gasteiger partial charge < -0.3 is 10.2 Å². The molecule has 88 valence electrons. The smallest absolute Gasteiger partial charge is 0.224 e. The van der Waals surface area contributed by atoms with Crippen LogP contribution in [0.25, 0.3) is 0 Å². The molecule has 0 unspecified atom stereocenters. The van der Waals surface area contributed by atoms with Gasteiger partial charge in [-0.15, -0.1) is 0 Å². The van der Waals surface area contributed by atoms with Crippen molar-refractivity contribution in [1.82, 2.24) is 10.2 Å². The lowest BCUT2D eigenvalue weighted by atomic mass is 9.97. The first kappa shape index (κ1) is 12.5. The maximum Gasteiger partial charge on any atom is 0.224 e. The Hall–Kier alpha value is -0.570. The van der Waals surface area contributed by atoms with Crippen molar-refractivity contribution in [1.29, 1.82) is 0 Å². The lowest BCUT2D eigenvalue weighted by Gasteiger charge is -2.28. The van der Waals surface area contributed by atoms with Crippen LogP contribution in [0.2, 0.25) is 0 Å². The van der Waals surface area contributed by atoms with E-state index in [9.17, 15) is 4.79 Å². The summed E-state index contributed by atoms with van der Waals surface area (Å²) in [7, 11) is 2.09. The van der Waals surface area contributed by atoms with Gasteiger partial charge in [-0.3, -0.25) is 4.79 Å². The van der Waals surface area contributed by atoms with E-state index in [1.165, 1.54) is 12.8 Å². The molecule has 0 spiro atoms. The number of nitrogens with one attached hydrogen (secondary N) is 1. The van der Waals surface area contributed by atoms with Gasteiger partial charge in [0.1, 0.15) is 0 Å². The Morgan fingerprint density at radius 3 is 2.93 bits per heavy atom. The van der Waals surface area contributed by atoms with Gasteiger partial charge in [0.2, 0.25) is 5.91 Å². The van der Waals surface area contributed by atoms with E-state index in [0.29, 0.717) is 0 Å². The van der Waals surface area contributed by atoms with Gasteiger partial charge in [-0.05, 0) is 32.9 Å². The van der Waals surface area contributed by atoms with Crippen molar-refractivity contribution in [2.75, 3.05) is 26.7 Å². The van der Waals surface area contributed by atoms with Gasteiger partial charge in [0, 0.05) is 13.1 Å². The van der Waals surface area contributed by atoms with Crippen LogP contribution < -0.4 is 5.32 Å². The first-order valence-electron chi connectivity index (χ1n) is 6.20. The average Bonchev–Trinajstić information content (AvgIpc) is 2.24. The van der Waals surface area contributed by atoms with Gasteiger partial charge in [0.15, 0.2) is 0 Å². The maximum absolute atomic E-state index is 11.8. The molecule has 0 bridgehead atoms. The molecule has 3 nitrogen and oxygen atoms in total. The largest absolute Gasteiger partial charge is 0.356 e. The summed E-state index contributed by atoms with van der Waals surface area (Å²) in [5.41, 5.74) is 0. The second-order valence-electron chi connectivity index (χ2n) is 4.60. The molecule has 0 radical (unpaired) electrons. The molecular formula is C12H24N2O. The molecule has 1 amide bonds. The van der Waals surface area contributed by atoms with E-state index >= 15 is 0 Å². The summed E-state index contributed by atoms with van der Waals surface area (Å²) in [5, 5.41) is 3.04. The van der Waals surface area contributed by atoms with Crippen LogP contribution in [-0.4, -0.2) is 37.5 Å². The zero-order valence-electron chi connectivity index (χ0n) is 10.1. The number of carbonyl (C=O) groups is 1. The number of nitrogens with zero attached hydrogens (tertiary/aromatic N) is 1. The van der Waals surface area contributed by atoms with Crippen LogP contribution in [0, 0.1) is 5.92 Å². The second kappa shape index (κ2) is 6.83. The van der Waals surface area contributed by atoms with Gasteiger partial charge in [0.25, 0.3) is 0 Å². The molecule has 0 aromatic rings. The van der Waals surface area contributed by atoms with E-state index in [-0.39, 0.29) is 11.8 Å². The van der Waals surface area contributed by atoms with E-state index < -0.39 is 0 Å². The molecule has 15 heavy (non-hydrogen) atoms. The standard InChI is InChI=1S/C12H24N2O/c1-3-4-5-8-13-12(15)11-7-6-9-14(2)10-11/h11H,3-10H2,1-2H3,(H,13,15)/t11-/m0/s1. The van der Waals surface area contributed by atoms with Crippen LogP contribution in [0.5, 0.6) is 0 Å². The van der Waals surface area contributed by atoms with Gasteiger partial charge in [-0.25, -0.2) is 0 Å². The molecule has 1 aliphatic rings. The van der Waals surface area contributed by atoms with Crippen molar-refractivity contribution < 1.29 is 4.79 Å². The highest BCUT2D eigenvalue weighted by Crippen LogP contribution is 2.14. The zero-order chi connectivity index (χ0) is 11.1. The normalized spacial score (nSPS) is 22.7. The fourth-order valence-electron chi connectivity index (χ4n) is 2.11. The van der Waals surface area contributed by atoms with Crippen LogP contribution in [-0.2, 0) is 4.79 Å². The summed E-state index contributed by atoms with van der Waals surface area (Å²) in [6.07, 6.45) is 5.76. The summed E-state index contributed by atoms with van der Waals surface area (Å²) in [4.78, 5) is 14.0. The molecule has 1 saturated heterocycles. The molecule has 1 heterocycles. The number of hydrogen-bond acceptors (Lipinski definition) is 2. The first-order valence-corrected chi connectivity index (χ1v) is 6.20. The predicted molar refractivity (Wildman–Crippen MR) is 62.8 cm³/mol. The highest BCUT2D eigenvalue weighted by atomic mass is 16.1. The van der Waals surface area contributed by atoms with E-state index in [4.69, 9.17) is 0 Å². The van der Waals surface area contributed by atoms with Gasteiger partial charge in [-0.2, -0.15) is 0 Å². The first-order chi connectivity index (χ1) is 7.24. The van der Waals surface area contributed by atoms with Crippen molar-refractivity contribution in [2.24, 2.45) is 5.92 Å². The summed E-state index contributed by atoms with van der Waals surface area (Å²) >= 11 is 0. The van der Waals surface area contributed by atoms with Crippen molar-refractivity contribution in [2.45, 2.75) is 39.0 Å². The number of hydrogen-bond donors (Lipinski definition) is 1. The molecule has 0 aromatic carbocycles. The van der Waals surface area contributed by atoms with E-state index in [1.54, 1.807) is 0 Å². The molecule has 1 N–H and O–H groups in total. The van der Waals surface area contributed by atoms with E-state index in [2.05, 4.69) is 24.2 Å². The third-order valence-corrected chi connectivity index (χ3v) is 3.07. The van der Waals surface area contributed by atoms with Crippen molar-refractivity contribution in [3.8, 4) is 0 Å². The third-order valence-electron chi connectivity index (χ3n) is 3.07. The minimum absolute atomic E-state index is 0.227. The highest BCUT2D eigenvalue weighted by Gasteiger charge is 2.23. The quantitative estimate of drug-likeness (QED) is 0.703. The molecule has 1 rings (SSSR count). The third kappa shape index (κ3) is 4.65. The molecule has 0 aromatic heterocycles. The van der Waals surface area contributed by atoms with Crippen LogP contribution in [0.15, 0.2) is 0 Å². The summed E-state index contributed by atoms with van der Waals surface area (Å²) in [6, 6.07) is 0. The topological polar surface area (TPSA) is 32.3 Å². The number of unbranched alkanes of at least 4 members (excludes halogenated alkanes) is 2. The number of piperidine rings is 1. The van der Waals surface area contributed by atoms with Gasteiger partial charge >= 0.3 is 0 Å². The van der Waals surface area contributed by atoms with E-state index in [1.807, 2.05) is 0 Å². The minimum Gasteiger partial charge on any atom is -0.356 e. The number of likely N-dealkylation sites (tertiary alicyclic amines) is 1. The van der Waals surface area contributed by atoms with Crippen molar-refractivity contribution in [3.63, 3.8) is 0 Å².